The van der Waals surface area contributed by atoms with Gasteiger partial charge in [0, 0.05) is 24.0 Å². The van der Waals surface area contributed by atoms with Crippen molar-refractivity contribution < 1.29 is 9.47 Å². The number of fused-ring (bicyclic) bond motifs is 2. The molecule has 0 fully saturated rings. The lowest BCUT2D eigenvalue weighted by Crippen LogP contribution is -2.12. The van der Waals surface area contributed by atoms with E-state index >= 15 is 0 Å². The molecule has 0 atom stereocenters. The Morgan fingerprint density at radius 3 is 2.42 bits per heavy atom. The van der Waals surface area contributed by atoms with Crippen LogP contribution in [0.3, 0.4) is 0 Å². The number of ether oxygens (including phenoxy) is 2. The third-order valence-corrected chi connectivity index (χ3v) is 4.46. The van der Waals surface area contributed by atoms with E-state index in [0.717, 1.165) is 18.0 Å². The largest absolute Gasteiger partial charge is 0.493 e. The minimum Gasteiger partial charge on any atom is -0.493 e. The van der Waals surface area contributed by atoms with Crippen LogP contribution in [-0.2, 0) is 6.54 Å². The normalized spacial score (nSPS) is 14.2. The minimum absolute atomic E-state index is 0.759. The molecule has 3 nitrogen and oxygen atoms in total. The summed E-state index contributed by atoms with van der Waals surface area (Å²) in [6.07, 6.45) is 4.35. The molecule has 4 rings (SSSR count). The van der Waals surface area contributed by atoms with Crippen molar-refractivity contribution in [3.8, 4) is 11.5 Å². The Morgan fingerprint density at radius 1 is 0.917 bits per heavy atom. The average Bonchev–Trinajstić information content (AvgIpc) is 3.09. The molecule has 1 aromatic heterocycles. The highest BCUT2D eigenvalue weighted by Gasteiger charge is 2.22. The monoisotopic (exact) mass is 317 g/mol. The van der Waals surface area contributed by atoms with Crippen molar-refractivity contribution in [2.45, 2.75) is 6.54 Å². The van der Waals surface area contributed by atoms with Gasteiger partial charge in [0.05, 0.1) is 14.2 Å². The lowest BCUT2D eigenvalue weighted by molar-refractivity contribution is 0.354. The van der Waals surface area contributed by atoms with E-state index in [9.17, 15) is 0 Å². The molecule has 0 saturated heterocycles. The van der Waals surface area contributed by atoms with Crippen molar-refractivity contribution in [1.82, 2.24) is 4.57 Å². The number of nitrogens with zero attached hydrogens (tertiary/aromatic N) is 1. The van der Waals surface area contributed by atoms with Crippen molar-refractivity contribution in [3.05, 3.63) is 83.2 Å². The molecule has 120 valence electrons. The van der Waals surface area contributed by atoms with Gasteiger partial charge in [-0.25, -0.2) is 0 Å². The van der Waals surface area contributed by atoms with Crippen molar-refractivity contribution >= 4 is 11.6 Å². The smallest absolute Gasteiger partial charge is 0.161 e. The van der Waals surface area contributed by atoms with Gasteiger partial charge in [-0.05, 0) is 47.0 Å². The van der Waals surface area contributed by atoms with Gasteiger partial charge >= 0.3 is 0 Å². The highest BCUT2D eigenvalue weighted by atomic mass is 16.5. The van der Waals surface area contributed by atoms with Crippen molar-refractivity contribution in [2.24, 2.45) is 0 Å². The Balaban J connectivity index is 1.94. The zero-order valence-corrected chi connectivity index (χ0v) is 13.8. The number of rotatable bonds is 3. The molecule has 0 bridgehead atoms. The Bertz CT molecular complexity index is 907. The SMILES string of the molecule is COc1cc2c(cc1OC)/C(=C/c1ccccc1)c1cccn1C2. The van der Waals surface area contributed by atoms with Gasteiger partial charge in [-0.3, -0.25) is 0 Å². The molecule has 0 N–H and O–H groups in total. The van der Waals surface area contributed by atoms with Crippen molar-refractivity contribution in [3.63, 3.8) is 0 Å². The molecule has 1 aliphatic rings. The van der Waals surface area contributed by atoms with E-state index < -0.39 is 0 Å². The highest BCUT2D eigenvalue weighted by Crippen LogP contribution is 2.40. The molecule has 1 aliphatic heterocycles. The zero-order chi connectivity index (χ0) is 16.5. The van der Waals surface area contributed by atoms with Crippen LogP contribution in [0.15, 0.2) is 60.8 Å². The molecule has 24 heavy (non-hydrogen) atoms. The molecular weight excluding hydrogens is 298 g/mol. The molecule has 3 aromatic rings. The average molecular weight is 317 g/mol. The van der Waals surface area contributed by atoms with Crippen LogP contribution >= 0.6 is 0 Å². The number of benzene rings is 2. The summed E-state index contributed by atoms with van der Waals surface area (Å²) in [6, 6.07) is 18.8. The maximum absolute atomic E-state index is 5.51. The third-order valence-electron chi connectivity index (χ3n) is 4.46. The Morgan fingerprint density at radius 2 is 1.67 bits per heavy atom. The van der Waals surface area contributed by atoms with E-state index in [4.69, 9.17) is 9.47 Å². The molecule has 0 saturated carbocycles. The van der Waals surface area contributed by atoms with Gasteiger partial charge in [0.25, 0.3) is 0 Å². The predicted molar refractivity (Wildman–Crippen MR) is 96.5 cm³/mol. The summed E-state index contributed by atoms with van der Waals surface area (Å²) in [5, 5.41) is 0. The molecule has 0 aliphatic carbocycles. The summed E-state index contributed by atoms with van der Waals surface area (Å²) in [5.74, 6) is 1.53. The van der Waals surface area contributed by atoms with Crippen molar-refractivity contribution in [1.29, 1.82) is 0 Å². The first-order valence-electron chi connectivity index (χ1n) is 7.97. The molecule has 0 amide bonds. The van der Waals surface area contributed by atoms with Crippen LogP contribution in [-0.4, -0.2) is 18.8 Å². The Labute approximate surface area is 141 Å². The van der Waals surface area contributed by atoms with Crippen LogP contribution in [0.25, 0.3) is 11.6 Å². The maximum atomic E-state index is 5.51. The second-order valence-corrected chi connectivity index (χ2v) is 5.85. The molecule has 2 heterocycles. The first-order valence-corrected chi connectivity index (χ1v) is 7.97. The Kier molecular flexibility index (Phi) is 3.62. The van der Waals surface area contributed by atoms with Crippen LogP contribution in [0.4, 0.5) is 0 Å². The standard InChI is InChI=1S/C21H19NO2/c1-23-20-12-16-14-22-10-6-9-19(22)18(17(16)13-21(20)24-2)11-15-7-4-3-5-8-15/h3-13H,14H2,1-2H3/b18-11-. The Hall–Kier alpha value is -2.94. The number of methoxy groups -OCH3 is 2. The fourth-order valence-electron chi connectivity index (χ4n) is 3.29. The summed E-state index contributed by atoms with van der Waals surface area (Å²) in [7, 11) is 3.35. The van der Waals surface area contributed by atoms with Gasteiger partial charge in [-0.15, -0.1) is 0 Å². The molecule has 3 heteroatoms. The molecule has 0 radical (unpaired) electrons. The topological polar surface area (TPSA) is 23.4 Å². The quantitative estimate of drug-likeness (QED) is 0.557. The third kappa shape index (κ3) is 2.38. The molecule has 0 spiro atoms. The lowest BCUT2D eigenvalue weighted by Gasteiger charge is -2.24. The number of hydrogen-bond acceptors (Lipinski definition) is 2. The molecule has 0 unspecified atom stereocenters. The summed E-state index contributed by atoms with van der Waals surface area (Å²) < 4.78 is 13.2. The second kappa shape index (κ2) is 5.93. The van der Waals surface area contributed by atoms with E-state index in [1.807, 2.05) is 6.07 Å². The summed E-state index contributed by atoms with van der Waals surface area (Å²) in [6.45, 7) is 0.837. The summed E-state index contributed by atoms with van der Waals surface area (Å²) in [5.41, 5.74) is 6.04. The van der Waals surface area contributed by atoms with Gasteiger partial charge < -0.3 is 14.0 Å². The van der Waals surface area contributed by atoms with Crippen LogP contribution < -0.4 is 9.47 Å². The second-order valence-electron chi connectivity index (χ2n) is 5.85. The van der Waals surface area contributed by atoms with E-state index in [2.05, 4.69) is 65.4 Å². The van der Waals surface area contributed by atoms with Gasteiger partial charge in [-0.2, -0.15) is 0 Å². The van der Waals surface area contributed by atoms with Crippen LogP contribution in [0.2, 0.25) is 0 Å². The van der Waals surface area contributed by atoms with Gasteiger partial charge in [0.2, 0.25) is 0 Å². The van der Waals surface area contributed by atoms with Crippen LogP contribution in [0.1, 0.15) is 22.4 Å². The fraction of sp³-hybridized carbons (Fsp3) is 0.143. The number of hydrogen-bond donors (Lipinski definition) is 0. The van der Waals surface area contributed by atoms with Crippen molar-refractivity contribution in [2.75, 3.05) is 14.2 Å². The van der Waals surface area contributed by atoms with Crippen LogP contribution in [0, 0.1) is 0 Å². The minimum atomic E-state index is 0.759. The maximum Gasteiger partial charge on any atom is 0.161 e. The van der Waals surface area contributed by atoms with Gasteiger partial charge in [0.1, 0.15) is 0 Å². The van der Waals surface area contributed by atoms with Gasteiger partial charge in [-0.1, -0.05) is 30.3 Å². The molecular formula is C21H19NO2. The zero-order valence-electron chi connectivity index (χ0n) is 13.8. The lowest BCUT2D eigenvalue weighted by atomic mass is 9.92. The predicted octanol–water partition coefficient (Wildman–Crippen LogP) is 4.46. The van der Waals surface area contributed by atoms with E-state index in [1.165, 1.54) is 28.0 Å². The number of aromatic nitrogens is 1. The molecule has 2 aromatic carbocycles. The first-order chi connectivity index (χ1) is 11.8. The van der Waals surface area contributed by atoms with E-state index in [1.54, 1.807) is 14.2 Å². The highest BCUT2D eigenvalue weighted by molar-refractivity contribution is 5.93. The summed E-state index contributed by atoms with van der Waals surface area (Å²) >= 11 is 0. The van der Waals surface area contributed by atoms with E-state index in [0.29, 0.717) is 0 Å². The first kappa shape index (κ1) is 14.6. The van der Waals surface area contributed by atoms with Crippen LogP contribution in [0.5, 0.6) is 11.5 Å². The van der Waals surface area contributed by atoms with E-state index in [-0.39, 0.29) is 0 Å². The summed E-state index contributed by atoms with van der Waals surface area (Å²) in [4.78, 5) is 0. The fourth-order valence-corrected chi connectivity index (χ4v) is 3.29. The van der Waals surface area contributed by atoms with Gasteiger partial charge in [0.15, 0.2) is 11.5 Å².